The molecule has 0 N–H and O–H groups in total. The van der Waals surface area contributed by atoms with Crippen LogP contribution in [0, 0.1) is 24.5 Å². The predicted octanol–water partition coefficient (Wildman–Crippen LogP) is 4.55. The van der Waals surface area contributed by atoms with Crippen molar-refractivity contribution in [2.45, 2.75) is 32.6 Å². The topological polar surface area (TPSA) is 46.6 Å². The van der Waals surface area contributed by atoms with Crippen molar-refractivity contribution in [1.29, 1.82) is 0 Å². The molecular formula is C23H25F2NO3. The van der Waals surface area contributed by atoms with Gasteiger partial charge in [0.25, 0.3) is 0 Å². The molecule has 0 radical (unpaired) electrons. The summed E-state index contributed by atoms with van der Waals surface area (Å²) < 4.78 is 32.8. The van der Waals surface area contributed by atoms with Crippen LogP contribution in [0.5, 0.6) is 5.75 Å². The lowest BCUT2D eigenvalue weighted by molar-refractivity contribution is -0.132. The van der Waals surface area contributed by atoms with E-state index in [2.05, 4.69) is 0 Å². The number of carbonyl (C=O) groups is 2. The van der Waals surface area contributed by atoms with Crippen LogP contribution < -0.4 is 4.74 Å². The van der Waals surface area contributed by atoms with Crippen molar-refractivity contribution < 1.29 is 23.1 Å². The van der Waals surface area contributed by atoms with E-state index in [-0.39, 0.29) is 23.2 Å². The quantitative estimate of drug-likeness (QED) is 0.505. The number of hydrogen-bond donors (Lipinski definition) is 0. The molecule has 0 spiro atoms. The number of Topliss-reactive ketones (excluding diaryl/α,β-unsaturated/α-hetero) is 1. The summed E-state index contributed by atoms with van der Waals surface area (Å²) >= 11 is 0. The number of benzene rings is 2. The maximum atomic E-state index is 13.8. The summed E-state index contributed by atoms with van der Waals surface area (Å²) in [5.41, 5.74) is 0.914. The monoisotopic (exact) mass is 401 g/mol. The fourth-order valence-corrected chi connectivity index (χ4v) is 3.57. The van der Waals surface area contributed by atoms with Gasteiger partial charge in [-0.2, -0.15) is 0 Å². The first-order valence-corrected chi connectivity index (χ1v) is 9.90. The van der Waals surface area contributed by atoms with Gasteiger partial charge in [-0.3, -0.25) is 9.59 Å². The minimum absolute atomic E-state index is 0.0284. The second-order valence-electron chi connectivity index (χ2n) is 7.41. The maximum absolute atomic E-state index is 13.8. The van der Waals surface area contributed by atoms with E-state index in [0.29, 0.717) is 45.4 Å². The molecule has 3 rings (SSSR count). The smallest absolute Gasteiger partial charge is 0.222 e. The second-order valence-corrected chi connectivity index (χ2v) is 7.41. The molecule has 2 aromatic rings. The van der Waals surface area contributed by atoms with Crippen molar-refractivity contribution in [1.82, 2.24) is 4.90 Å². The molecule has 29 heavy (non-hydrogen) atoms. The standard InChI is InChI=1S/C23H25F2NO3/c1-16-4-2-5-19(14-16)29-13-3-6-22(27)26-11-9-17(10-12-26)23(28)20-15-18(24)7-8-21(20)25/h2,4-5,7-8,14-15,17H,3,6,9-13H2,1H3. The zero-order valence-corrected chi connectivity index (χ0v) is 16.5. The van der Waals surface area contributed by atoms with Crippen LogP contribution in [-0.4, -0.2) is 36.3 Å². The predicted molar refractivity (Wildman–Crippen MR) is 106 cm³/mol. The molecule has 6 heteroatoms. The Morgan fingerprint density at radius 1 is 1.10 bits per heavy atom. The Morgan fingerprint density at radius 3 is 2.59 bits per heavy atom. The molecule has 0 aliphatic carbocycles. The van der Waals surface area contributed by atoms with Crippen LogP contribution in [-0.2, 0) is 4.79 Å². The van der Waals surface area contributed by atoms with Crippen molar-refractivity contribution in [2.75, 3.05) is 19.7 Å². The van der Waals surface area contributed by atoms with Crippen molar-refractivity contribution >= 4 is 11.7 Å². The van der Waals surface area contributed by atoms with E-state index in [0.717, 1.165) is 29.5 Å². The molecule has 2 aromatic carbocycles. The lowest BCUT2D eigenvalue weighted by Crippen LogP contribution is -2.40. The van der Waals surface area contributed by atoms with Crippen LogP contribution in [0.1, 0.15) is 41.6 Å². The molecule has 1 amide bonds. The van der Waals surface area contributed by atoms with E-state index in [1.54, 1.807) is 4.90 Å². The van der Waals surface area contributed by atoms with Gasteiger partial charge in [0.1, 0.15) is 17.4 Å². The van der Waals surface area contributed by atoms with Gasteiger partial charge in [-0.15, -0.1) is 0 Å². The average molecular weight is 401 g/mol. The zero-order valence-electron chi connectivity index (χ0n) is 16.5. The van der Waals surface area contributed by atoms with E-state index in [4.69, 9.17) is 4.74 Å². The number of amides is 1. The summed E-state index contributed by atoms with van der Waals surface area (Å²) in [7, 11) is 0. The summed E-state index contributed by atoms with van der Waals surface area (Å²) in [6.45, 7) is 3.35. The number of piperidine rings is 1. The second kappa shape index (κ2) is 9.63. The minimum atomic E-state index is -0.705. The molecule has 4 nitrogen and oxygen atoms in total. The van der Waals surface area contributed by atoms with E-state index < -0.39 is 11.6 Å². The molecule has 1 heterocycles. The average Bonchev–Trinajstić information content (AvgIpc) is 2.72. The van der Waals surface area contributed by atoms with E-state index >= 15 is 0 Å². The van der Waals surface area contributed by atoms with Crippen molar-refractivity contribution in [3.05, 3.63) is 65.2 Å². The number of aryl methyl sites for hydroxylation is 1. The van der Waals surface area contributed by atoms with E-state index in [1.165, 1.54) is 0 Å². The number of nitrogens with zero attached hydrogens (tertiary/aromatic N) is 1. The Hall–Kier alpha value is -2.76. The van der Waals surface area contributed by atoms with Crippen LogP contribution >= 0.6 is 0 Å². The largest absolute Gasteiger partial charge is 0.494 e. The van der Waals surface area contributed by atoms with Crippen LogP contribution in [0.25, 0.3) is 0 Å². The van der Waals surface area contributed by atoms with Gasteiger partial charge in [0, 0.05) is 25.4 Å². The molecular weight excluding hydrogens is 376 g/mol. The molecule has 1 aliphatic rings. The summed E-state index contributed by atoms with van der Waals surface area (Å²) in [5, 5.41) is 0. The highest BCUT2D eigenvalue weighted by Crippen LogP contribution is 2.24. The number of halogens is 2. The zero-order chi connectivity index (χ0) is 20.8. The Balaban J connectivity index is 1.42. The minimum Gasteiger partial charge on any atom is -0.494 e. The number of ketones is 1. The molecule has 1 saturated heterocycles. The first-order chi connectivity index (χ1) is 13.9. The highest BCUT2D eigenvalue weighted by molar-refractivity contribution is 5.98. The Labute approximate surface area is 169 Å². The molecule has 0 aromatic heterocycles. The third kappa shape index (κ3) is 5.62. The van der Waals surface area contributed by atoms with Crippen LogP contribution in [0.15, 0.2) is 42.5 Å². The van der Waals surface area contributed by atoms with Gasteiger partial charge in [0.15, 0.2) is 5.78 Å². The highest BCUT2D eigenvalue weighted by Gasteiger charge is 2.29. The van der Waals surface area contributed by atoms with Gasteiger partial charge >= 0.3 is 0 Å². The lowest BCUT2D eigenvalue weighted by atomic mass is 9.88. The van der Waals surface area contributed by atoms with Crippen LogP contribution in [0.4, 0.5) is 8.78 Å². The molecule has 0 saturated carbocycles. The van der Waals surface area contributed by atoms with Gasteiger partial charge in [-0.25, -0.2) is 8.78 Å². The van der Waals surface area contributed by atoms with Gasteiger partial charge < -0.3 is 9.64 Å². The van der Waals surface area contributed by atoms with E-state index in [1.807, 2.05) is 31.2 Å². The van der Waals surface area contributed by atoms with Crippen molar-refractivity contribution in [3.63, 3.8) is 0 Å². The summed E-state index contributed by atoms with van der Waals surface area (Å²) in [6, 6.07) is 10.7. The first kappa shape index (κ1) is 21.0. The SMILES string of the molecule is Cc1cccc(OCCCC(=O)N2CCC(C(=O)c3cc(F)ccc3F)CC2)c1. The highest BCUT2D eigenvalue weighted by atomic mass is 19.1. The number of rotatable bonds is 7. The Kier molecular flexibility index (Phi) is 6.96. The van der Waals surface area contributed by atoms with Gasteiger partial charge in [0.2, 0.25) is 5.91 Å². The van der Waals surface area contributed by atoms with Gasteiger partial charge in [0.05, 0.1) is 12.2 Å². The third-order valence-electron chi connectivity index (χ3n) is 5.21. The lowest BCUT2D eigenvalue weighted by Gasteiger charge is -2.31. The van der Waals surface area contributed by atoms with Gasteiger partial charge in [-0.05, 0) is 62.1 Å². The van der Waals surface area contributed by atoms with Crippen molar-refractivity contribution in [2.24, 2.45) is 5.92 Å². The summed E-state index contributed by atoms with van der Waals surface area (Å²) in [4.78, 5) is 26.6. The third-order valence-corrected chi connectivity index (χ3v) is 5.21. The Bertz CT molecular complexity index is 876. The van der Waals surface area contributed by atoms with Gasteiger partial charge in [-0.1, -0.05) is 12.1 Å². The molecule has 0 atom stereocenters. The first-order valence-electron chi connectivity index (χ1n) is 9.90. The number of ether oxygens (including phenoxy) is 1. The fraction of sp³-hybridized carbons (Fsp3) is 0.391. The summed E-state index contributed by atoms with van der Waals surface area (Å²) in [6.07, 6.45) is 1.91. The molecule has 154 valence electrons. The van der Waals surface area contributed by atoms with Crippen LogP contribution in [0.2, 0.25) is 0 Å². The number of hydrogen-bond acceptors (Lipinski definition) is 3. The fourth-order valence-electron chi connectivity index (χ4n) is 3.57. The molecule has 0 unspecified atom stereocenters. The number of carbonyl (C=O) groups excluding carboxylic acids is 2. The maximum Gasteiger partial charge on any atom is 0.222 e. The Morgan fingerprint density at radius 2 is 1.86 bits per heavy atom. The van der Waals surface area contributed by atoms with Crippen LogP contribution in [0.3, 0.4) is 0 Å². The van der Waals surface area contributed by atoms with Crippen molar-refractivity contribution in [3.8, 4) is 5.75 Å². The molecule has 1 aliphatic heterocycles. The van der Waals surface area contributed by atoms with E-state index in [9.17, 15) is 18.4 Å². The molecule has 1 fully saturated rings. The molecule has 0 bridgehead atoms. The normalized spacial score (nSPS) is 14.7. The summed E-state index contributed by atoms with van der Waals surface area (Å²) in [5.74, 6) is -1.29. The number of likely N-dealkylation sites (tertiary alicyclic amines) is 1.